The largest absolute Gasteiger partial charge is 0.489 e. The van der Waals surface area contributed by atoms with E-state index in [0.717, 1.165) is 43.8 Å². The molecule has 0 bridgehead atoms. The van der Waals surface area contributed by atoms with Gasteiger partial charge in [-0.2, -0.15) is 0 Å². The number of unbranched alkanes of at least 4 members (excludes halogenated alkanes) is 1. The van der Waals surface area contributed by atoms with Gasteiger partial charge in [0.2, 0.25) is 0 Å². The fourth-order valence-electron chi connectivity index (χ4n) is 3.05. The van der Waals surface area contributed by atoms with Crippen molar-refractivity contribution in [3.63, 3.8) is 0 Å². The number of carbonyl (C=O) groups is 1. The number of pyridine rings is 2. The molecule has 0 aromatic carbocycles. The molecule has 0 spiro atoms. The van der Waals surface area contributed by atoms with Crippen molar-refractivity contribution in [3.8, 4) is 5.75 Å². The molecule has 1 fully saturated rings. The highest BCUT2D eigenvalue weighted by Gasteiger charge is 2.24. The van der Waals surface area contributed by atoms with E-state index >= 15 is 0 Å². The molecule has 0 saturated carbocycles. The molecule has 1 amide bonds. The van der Waals surface area contributed by atoms with Crippen LogP contribution in [-0.4, -0.2) is 58.2 Å². The van der Waals surface area contributed by atoms with Gasteiger partial charge >= 0.3 is 0 Å². The molecular weight excluding hydrogens is 344 g/mol. The Morgan fingerprint density at radius 2 is 2.07 bits per heavy atom. The maximum atomic E-state index is 12.7. The number of hydrogen-bond acceptors (Lipinski definition) is 6. The SMILES string of the molecule is O=C(c1ccc(NCCCCO)nc1)N1CCC(Oc2cccnc2)CC1. The minimum absolute atomic E-state index is 0.00848. The van der Waals surface area contributed by atoms with Crippen molar-refractivity contribution in [3.05, 3.63) is 48.4 Å². The van der Waals surface area contributed by atoms with Crippen molar-refractivity contribution >= 4 is 11.7 Å². The Hall–Kier alpha value is -2.67. The monoisotopic (exact) mass is 370 g/mol. The predicted molar refractivity (Wildman–Crippen MR) is 103 cm³/mol. The lowest BCUT2D eigenvalue weighted by Gasteiger charge is -2.32. The van der Waals surface area contributed by atoms with Crippen LogP contribution in [0.2, 0.25) is 0 Å². The molecule has 1 aliphatic rings. The number of piperidine rings is 1. The summed E-state index contributed by atoms with van der Waals surface area (Å²) in [4.78, 5) is 22.9. The van der Waals surface area contributed by atoms with E-state index in [1.807, 2.05) is 29.2 Å². The summed E-state index contributed by atoms with van der Waals surface area (Å²) in [6, 6.07) is 7.38. The lowest BCUT2D eigenvalue weighted by Crippen LogP contribution is -2.41. The number of aromatic nitrogens is 2. The number of hydrogen-bond donors (Lipinski definition) is 2. The average Bonchev–Trinajstić information content (AvgIpc) is 2.72. The molecule has 27 heavy (non-hydrogen) atoms. The number of likely N-dealkylation sites (tertiary alicyclic amines) is 1. The summed E-state index contributed by atoms with van der Waals surface area (Å²) in [5.74, 6) is 1.52. The predicted octanol–water partition coefficient (Wildman–Crippen LogP) is 2.34. The molecule has 0 aliphatic carbocycles. The van der Waals surface area contributed by atoms with E-state index in [1.54, 1.807) is 18.6 Å². The van der Waals surface area contributed by atoms with Gasteiger partial charge in [-0.25, -0.2) is 4.98 Å². The number of rotatable bonds is 8. The molecule has 2 aromatic rings. The standard InChI is InChI=1S/C20H26N4O3/c25-13-2-1-10-22-19-6-5-16(14-23-19)20(26)24-11-7-17(8-12-24)27-18-4-3-9-21-15-18/h3-6,9,14-15,17,25H,1-2,7-8,10-13H2,(H,22,23). The van der Waals surface area contributed by atoms with E-state index in [9.17, 15) is 4.79 Å². The normalized spacial score (nSPS) is 14.8. The van der Waals surface area contributed by atoms with Gasteiger partial charge in [-0.15, -0.1) is 0 Å². The van der Waals surface area contributed by atoms with Crippen LogP contribution in [0, 0.1) is 0 Å². The van der Waals surface area contributed by atoms with Crippen molar-refractivity contribution in [1.82, 2.24) is 14.9 Å². The summed E-state index contributed by atoms with van der Waals surface area (Å²) in [7, 11) is 0. The van der Waals surface area contributed by atoms with Gasteiger partial charge in [0.15, 0.2) is 0 Å². The molecule has 0 unspecified atom stereocenters. The number of nitrogens with zero attached hydrogens (tertiary/aromatic N) is 3. The highest BCUT2D eigenvalue weighted by atomic mass is 16.5. The first-order chi connectivity index (χ1) is 13.3. The fraction of sp³-hybridized carbons (Fsp3) is 0.450. The first kappa shape index (κ1) is 19.1. The Balaban J connectivity index is 1.46. The Morgan fingerprint density at radius 1 is 1.22 bits per heavy atom. The molecule has 7 heteroatoms. The molecule has 1 saturated heterocycles. The van der Waals surface area contributed by atoms with Gasteiger partial charge in [0.25, 0.3) is 5.91 Å². The first-order valence-electron chi connectivity index (χ1n) is 9.43. The zero-order valence-electron chi connectivity index (χ0n) is 15.4. The van der Waals surface area contributed by atoms with Crippen LogP contribution in [0.4, 0.5) is 5.82 Å². The molecule has 3 rings (SSSR count). The zero-order valence-corrected chi connectivity index (χ0v) is 15.4. The minimum atomic E-state index is 0.00848. The zero-order chi connectivity index (χ0) is 18.9. The molecular formula is C20H26N4O3. The molecule has 2 aromatic heterocycles. The van der Waals surface area contributed by atoms with Crippen molar-refractivity contribution in [2.75, 3.05) is 31.6 Å². The molecule has 7 nitrogen and oxygen atoms in total. The summed E-state index contributed by atoms with van der Waals surface area (Å²) in [6.45, 7) is 2.30. The maximum Gasteiger partial charge on any atom is 0.255 e. The Kier molecular flexibility index (Phi) is 6.98. The third kappa shape index (κ3) is 5.65. The number of anilines is 1. The van der Waals surface area contributed by atoms with Crippen LogP contribution < -0.4 is 10.1 Å². The van der Waals surface area contributed by atoms with E-state index in [-0.39, 0.29) is 18.6 Å². The van der Waals surface area contributed by atoms with Crippen LogP contribution in [0.5, 0.6) is 5.75 Å². The Bertz CT molecular complexity index is 701. The van der Waals surface area contributed by atoms with E-state index in [1.165, 1.54) is 0 Å². The van der Waals surface area contributed by atoms with Crippen molar-refractivity contribution in [2.45, 2.75) is 31.8 Å². The van der Waals surface area contributed by atoms with Gasteiger partial charge in [-0.05, 0) is 37.1 Å². The Labute approximate surface area is 159 Å². The molecule has 144 valence electrons. The highest BCUT2D eigenvalue weighted by molar-refractivity contribution is 5.94. The van der Waals surface area contributed by atoms with Gasteiger partial charge in [-0.1, -0.05) is 0 Å². The molecule has 1 aliphatic heterocycles. The van der Waals surface area contributed by atoms with Gasteiger partial charge in [0, 0.05) is 51.5 Å². The lowest BCUT2D eigenvalue weighted by atomic mass is 10.1. The summed E-state index contributed by atoms with van der Waals surface area (Å²) >= 11 is 0. The van der Waals surface area contributed by atoms with Crippen LogP contribution in [0.25, 0.3) is 0 Å². The summed E-state index contributed by atoms with van der Waals surface area (Å²) in [5.41, 5.74) is 0.600. The van der Waals surface area contributed by atoms with Crippen LogP contribution >= 0.6 is 0 Å². The van der Waals surface area contributed by atoms with Gasteiger partial charge in [0.05, 0.1) is 11.8 Å². The lowest BCUT2D eigenvalue weighted by molar-refractivity contribution is 0.0594. The number of aliphatic hydroxyl groups is 1. The highest BCUT2D eigenvalue weighted by Crippen LogP contribution is 2.19. The summed E-state index contributed by atoms with van der Waals surface area (Å²) in [5, 5.41) is 12.0. The van der Waals surface area contributed by atoms with Gasteiger partial charge < -0.3 is 20.1 Å². The van der Waals surface area contributed by atoms with Crippen molar-refractivity contribution in [2.24, 2.45) is 0 Å². The van der Waals surface area contributed by atoms with Crippen molar-refractivity contribution in [1.29, 1.82) is 0 Å². The first-order valence-corrected chi connectivity index (χ1v) is 9.43. The van der Waals surface area contributed by atoms with Crippen LogP contribution in [0.3, 0.4) is 0 Å². The van der Waals surface area contributed by atoms with Gasteiger partial charge in [0.1, 0.15) is 17.7 Å². The van der Waals surface area contributed by atoms with Gasteiger partial charge in [-0.3, -0.25) is 9.78 Å². The fourth-order valence-corrected chi connectivity index (χ4v) is 3.05. The third-order valence-electron chi connectivity index (χ3n) is 4.57. The number of ether oxygens (including phenoxy) is 1. The van der Waals surface area contributed by atoms with Crippen molar-refractivity contribution < 1.29 is 14.6 Å². The van der Waals surface area contributed by atoms with E-state index < -0.39 is 0 Å². The topological polar surface area (TPSA) is 87.6 Å². The van der Waals surface area contributed by atoms with E-state index in [4.69, 9.17) is 9.84 Å². The minimum Gasteiger partial charge on any atom is -0.489 e. The number of carbonyl (C=O) groups excluding carboxylic acids is 1. The number of aliphatic hydroxyl groups excluding tert-OH is 1. The van der Waals surface area contributed by atoms with Crippen LogP contribution in [0.15, 0.2) is 42.9 Å². The van der Waals surface area contributed by atoms with Crippen LogP contribution in [-0.2, 0) is 0 Å². The van der Waals surface area contributed by atoms with E-state index in [2.05, 4.69) is 15.3 Å². The maximum absolute atomic E-state index is 12.7. The second-order valence-corrected chi connectivity index (χ2v) is 6.59. The molecule has 0 atom stereocenters. The smallest absolute Gasteiger partial charge is 0.255 e. The number of amides is 1. The average molecular weight is 370 g/mol. The summed E-state index contributed by atoms with van der Waals surface area (Å²) < 4.78 is 5.92. The van der Waals surface area contributed by atoms with E-state index in [0.29, 0.717) is 18.7 Å². The molecule has 3 heterocycles. The molecule has 0 radical (unpaired) electrons. The second-order valence-electron chi connectivity index (χ2n) is 6.59. The third-order valence-corrected chi connectivity index (χ3v) is 4.57. The second kappa shape index (κ2) is 9.87. The summed E-state index contributed by atoms with van der Waals surface area (Å²) in [6.07, 6.45) is 8.42. The quantitative estimate of drug-likeness (QED) is 0.694. The van der Waals surface area contributed by atoms with Crippen LogP contribution in [0.1, 0.15) is 36.0 Å². The number of nitrogens with one attached hydrogen (secondary N) is 1. The molecule has 2 N–H and O–H groups in total. The Morgan fingerprint density at radius 3 is 2.74 bits per heavy atom.